The molecule has 0 radical (unpaired) electrons. The number of carbonyl (C=O) groups is 1. The molecule has 3 heterocycles. The lowest BCUT2D eigenvalue weighted by Gasteiger charge is -2.10. The molecule has 2 aromatic rings. The van der Waals surface area contributed by atoms with Crippen LogP contribution in [0.15, 0.2) is 11.6 Å². The summed E-state index contributed by atoms with van der Waals surface area (Å²) in [7, 11) is 0. The minimum absolute atomic E-state index is 0.0867. The summed E-state index contributed by atoms with van der Waals surface area (Å²) in [6.45, 7) is 3.45. The molecule has 0 spiro atoms. The van der Waals surface area contributed by atoms with E-state index in [9.17, 15) is 4.79 Å². The Bertz CT molecular complexity index is 618. The highest BCUT2D eigenvalue weighted by Crippen LogP contribution is 2.18. The third-order valence-corrected chi connectivity index (χ3v) is 4.05. The van der Waals surface area contributed by atoms with Gasteiger partial charge in [0.25, 0.3) is 0 Å². The van der Waals surface area contributed by atoms with Crippen LogP contribution in [-0.4, -0.2) is 45.1 Å². The molecule has 7 nitrogen and oxygen atoms in total. The number of nitrogens with zero attached hydrogens (tertiary/aromatic N) is 4. The van der Waals surface area contributed by atoms with Crippen LogP contribution in [0.1, 0.15) is 17.8 Å². The zero-order chi connectivity index (χ0) is 14.7. The van der Waals surface area contributed by atoms with Gasteiger partial charge in [-0.15, -0.1) is 16.4 Å². The Balaban J connectivity index is 1.53. The van der Waals surface area contributed by atoms with Crippen LogP contribution >= 0.6 is 11.3 Å². The number of ether oxygens (including phenoxy) is 1. The lowest BCUT2D eigenvalue weighted by Crippen LogP contribution is -2.34. The highest BCUT2D eigenvalue weighted by molar-refractivity contribution is 7.09. The maximum atomic E-state index is 11.9. The summed E-state index contributed by atoms with van der Waals surface area (Å²) in [6.07, 6.45) is 3.97. The first-order valence-electron chi connectivity index (χ1n) is 6.91. The molecule has 1 amide bonds. The van der Waals surface area contributed by atoms with Crippen molar-refractivity contribution in [1.29, 1.82) is 0 Å². The number of hydrogen-bond acceptors (Lipinski definition) is 6. The van der Waals surface area contributed by atoms with Crippen molar-refractivity contribution in [2.75, 3.05) is 13.2 Å². The molecule has 0 saturated carbocycles. The number of hydrogen-bond donors (Lipinski definition) is 1. The summed E-state index contributed by atoms with van der Waals surface area (Å²) in [5.74, 6) is -0.0867. The van der Waals surface area contributed by atoms with Crippen LogP contribution in [0.4, 0.5) is 0 Å². The molecule has 1 saturated heterocycles. The van der Waals surface area contributed by atoms with Crippen LogP contribution in [0, 0.1) is 6.92 Å². The van der Waals surface area contributed by atoms with E-state index in [1.807, 2.05) is 12.3 Å². The summed E-state index contributed by atoms with van der Waals surface area (Å²) >= 11 is 1.56. The van der Waals surface area contributed by atoms with E-state index in [2.05, 4.69) is 20.6 Å². The molecule has 3 rings (SSSR count). The van der Waals surface area contributed by atoms with Gasteiger partial charge in [0.05, 0.1) is 17.3 Å². The third kappa shape index (κ3) is 3.64. The molecule has 1 atom stereocenters. The van der Waals surface area contributed by atoms with Crippen molar-refractivity contribution in [3.05, 3.63) is 16.6 Å². The van der Waals surface area contributed by atoms with Crippen molar-refractivity contribution < 1.29 is 9.53 Å². The van der Waals surface area contributed by atoms with Crippen LogP contribution < -0.4 is 5.32 Å². The molecule has 0 aliphatic carbocycles. The van der Waals surface area contributed by atoms with Gasteiger partial charge in [-0.05, 0) is 19.8 Å². The highest BCUT2D eigenvalue weighted by Gasteiger charge is 2.16. The Labute approximate surface area is 126 Å². The number of aromatic nitrogens is 4. The first-order chi connectivity index (χ1) is 10.2. The average molecular weight is 307 g/mol. The predicted molar refractivity (Wildman–Crippen MR) is 77.9 cm³/mol. The molecule has 8 heteroatoms. The molecular weight excluding hydrogens is 290 g/mol. The van der Waals surface area contributed by atoms with Crippen molar-refractivity contribution in [2.24, 2.45) is 0 Å². The third-order valence-electron chi connectivity index (χ3n) is 3.28. The molecule has 1 unspecified atom stereocenters. The van der Waals surface area contributed by atoms with Gasteiger partial charge in [0.15, 0.2) is 0 Å². The molecule has 0 aromatic carbocycles. The number of amides is 1. The molecule has 1 fully saturated rings. The summed E-state index contributed by atoms with van der Waals surface area (Å²) in [4.78, 5) is 16.2. The zero-order valence-electron chi connectivity index (χ0n) is 11.8. The Hall–Kier alpha value is -1.80. The van der Waals surface area contributed by atoms with Crippen molar-refractivity contribution in [3.63, 3.8) is 0 Å². The molecular formula is C13H17N5O2S. The average Bonchev–Trinajstić information content (AvgIpc) is 3.17. The quantitative estimate of drug-likeness (QED) is 0.891. The SMILES string of the molecule is Cc1nc(-c2cn(CC(=O)NCC3CCCO3)nn2)cs1. The maximum absolute atomic E-state index is 11.9. The fourth-order valence-electron chi connectivity index (χ4n) is 2.21. The Morgan fingerprint density at radius 1 is 1.57 bits per heavy atom. The fraction of sp³-hybridized carbons (Fsp3) is 0.538. The van der Waals surface area contributed by atoms with Gasteiger partial charge in [0.2, 0.25) is 5.91 Å². The van der Waals surface area contributed by atoms with Gasteiger partial charge in [0.1, 0.15) is 17.9 Å². The van der Waals surface area contributed by atoms with Crippen LogP contribution in [0.25, 0.3) is 11.4 Å². The lowest BCUT2D eigenvalue weighted by molar-refractivity contribution is -0.122. The Morgan fingerprint density at radius 3 is 3.19 bits per heavy atom. The standard InChI is InChI=1S/C13H17N5O2S/c1-9-15-12(8-21-9)11-6-18(17-16-11)7-13(19)14-5-10-3-2-4-20-10/h6,8,10H,2-5,7H2,1H3,(H,14,19). The minimum Gasteiger partial charge on any atom is -0.376 e. The molecule has 1 N–H and O–H groups in total. The van der Waals surface area contributed by atoms with Crippen LogP contribution in [0.5, 0.6) is 0 Å². The molecule has 21 heavy (non-hydrogen) atoms. The summed E-state index contributed by atoms with van der Waals surface area (Å²) < 4.78 is 6.98. The van der Waals surface area contributed by atoms with Crippen LogP contribution in [0.2, 0.25) is 0 Å². The van der Waals surface area contributed by atoms with Gasteiger partial charge >= 0.3 is 0 Å². The second kappa shape index (κ2) is 6.31. The fourth-order valence-corrected chi connectivity index (χ4v) is 2.82. The van der Waals surface area contributed by atoms with Gasteiger partial charge < -0.3 is 10.1 Å². The number of aryl methyl sites for hydroxylation is 1. The van der Waals surface area contributed by atoms with Gasteiger partial charge in [0, 0.05) is 18.5 Å². The summed E-state index contributed by atoms with van der Waals surface area (Å²) in [5, 5.41) is 13.8. The monoisotopic (exact) mass is 307 g/mol. The van der Waals surface area contributed by atoms with E-state index >= 15 is 0 Å². The lowest BCUT2D eigenvalue weighted by atomic mass is 10.2. The van der Waals surface area contributed by atoms with Crippen molar-refractivity contribution in [3.8, 4) is 11.4 Å². The highest BCUT2D eigenvalue weighted by atomic mass is 32.1. The van der Waals surface area contributed by atoms with Crippen LogP contribution in [-0.2, 0) is 16.1 Å². The Kier molecular flexibility index (Phi) is 4.26. The van der Waals surface area contributed by atoms with Gasteiger partial charge in [-0.2, -0.15) is 0 Å². The normalized spacial score (nSPS) is 18.0. The number of rotatable bonds is 5. The smallest absolute Gasteiger partial charge is 0.241 e. The molecule has 1 aliphatic rings. The topological polar surface area (TPSA) is 81.9 Å². The van der Waals surface area contributed by atoms with Gasteiger partial charge in [-0.3, -0.25) is 4.79 Å². The largest absolute Gasteiger partial charge is 0.376 e. The summed E-state index contributed by atoms with van der Waals surface area (Å²) in [6, 6.07) is 0. The van der Waals surface area contributed by atoms with E-state index < -0.39 is 0 Å². The van der Waals surface area contributed by atoms with Crippen LogP contribution in [0.3, 0.4) is 0 Å². The second-order valence-electron chi connectivity index (χ2n) is 4.99. The van der Waals surface area contributed by atoms with E-state index in [0.717, 1.165) is 30.2 Å². The minimum atomic E-state index is -0.0867. The van der Waals surface area contributed by atoms with Crippen molar-refractivity contribution >= 4 is 17.2 Å². The summed E-state index contributed by atoms with van der Waals surface area (Å²) in [5.41, 5.74) is 1.48. The van der Waals surface area contributed by atoms with E-state index in [4.69, 9.17) is 4.74 Å². The molecule has 112 valence electrons. The molecule has 1 aliphatic heterocycles. The number of nitrogens with one attached hydrogen (secondary N) is 1. The van der Waals surface area contributed by atoms with E-state index in [-0.39, 0.29) is 18.6 Å². The maximum Gasteiger partial charge on any atom is 0.241 e. The van der Waals surface area contributed by atoms with E-state index in [1.165, 1.54) is 4.68 Å². The van der Waals surface area contributed by atoms with Crippen molar-refractivity contribution in [2.45, 2.75) is 32.4 Å². The number of thiazole rings is 1. The first kappa shape index (κ1) is 14.2. The van der Waals surface area contributed by atoms with Crippen molar-refractivity contribution in [1.82, 2.24) is 25.3 Å². The number of carbonyl (C=O) groups excluding carboxylic acids is 1. The zero-order valence-corrected chi connectivity index (χ0v) is 12.6. The van der Waals surface area contributed by atoms with Gasteiger partial charge in [-0.25, -0.2) is 9.67 Å². The molecule has 0 bridgehead atoms. The molecule has 2 aromatic heterocycles. The second-order valence-corrected chi connectivity index (χ2v) is 6.05. The van der Waals surface area contributed by atoms with E-state index in [0.29, 0.717) is 12.2 Å². The first-order valence-corrected chi connectivity index (χ1v) is 7.79. The predicted octanol–water partition coefficient (Wildman–Crippen LogP) is 1.01. The Morgan fingerprint density at radius 2 is 2.48 bits per heavy atom. The van der Waals surface area contributed by atoms with E-state index in [1.54, 1.807) is 17.5 Å². The van der Waals surface area contributed by atoms with Gasteiger partial charge in [-0.1, -0.05) is 5.21 Å².